The third kappa shape index (κ3) is 4.96. The molecule has 0 aromatic heterocycles. The summed E-state index contributed by atoms with van der Waals surface area (Å²) in [6.07, 6.45) is 3.10. The zero-order valence-electron chi connectivity index (χ0n) is 15.0. The van der Waals surface area contributed by atoms with Gasteiger partial charge in [-0.1, -0.05) is 81.7 Å². The molecule has 2 rings (SSSR count). The molecule has 4 heteroatoms. The van der Waals surface area contributed by atoms with Crippen molar-refractivity contribution in [3.8, 4) is 11.1 Å². The highest BCUT2D eigenvalue weighted by molar-refractivity contribution is 5.69. The second kappa shape index (κ2) is 9.02. The number of hydrogen-bond donors (Lipinski definition) is 0. The number of halogens is 4. The summed E-state index contributed by atoms with van der Waals surface area (Å²) >= 11 is 0. The lowest BCUT2D eigenvalue weighted by molar-refractivity contribution is -0.140. The molecule has 0 nitrogen and oxygen atoms in total. The molecule has 0 heterocycles. The molecule has 140 valence electrons. The molecule has 0 bridgehead atoms. The van der Waals surface area contributed by atoms with E-state index in [1.807, 2.05) is 12.1 Å². The number of rotatable bonds is 8. The molecule has 0 saturated carbocycles. The molecule has 0 spiro atoms. The molecule has 0 amide bonds. The summed E-state index contributed by atoms with van der Waals surface area (Å²) in [5, 5.41) is 0. The molecule has 0 radical (unpaired) electrons. The molecule has 0 fully saturated rings. The van der Waals surface area contributed by atoms with E-state index in [1.54, 1.807) is 12.1 Å². The molecule has 2 aromatic carbocycles. The van der Waals surface area contributed by atoms with Gasteiger partial charge in [-0.05, 0) is 29.5 Å². The average Bonchev–Trinajstić information content (AvgIpc) is 2.61. The minimum absolute atomic E-state index is 0.0441. The van der Waals surface area contributed by atoms with Crippen LogP contribution in [-0.4, -0.2) is 0 Å². The summed E-state index contributed by atoms with van der Waals surface area (Å²) in [5.74, 6) is -1.25. The molecule has 0 aliphatic heterocycles. The first-order chi connectivity index (χ1) is 12.4. The first kappa shape index (κ1) is 20.2. The molecular weight excluding hydrogens is 340 g/mol. The van der Waals surface area contributed by atoms with Crippen LogP contribution in [0.5, 0.6) is 0 Å². The van der Waals surface area contributed by atoms with E-state index in [9.17, 15) is 17.6 Å². The Labute approximate surface area is 152 Å². The zero-order chi connectivity index (χ0) is 19.2. The molecule has 26 heavy (non-hydrogen) atoms. The lowest BCUT2D eigenvalue weighted by Crippen LogP contribution is -2.11. The van der Waals surface area contributed by atoms with Crippen molar-refractivity contribution in [2.24, 2.45) is 0 Å². The van der Waals surface area contributed by atoms with Gasteiger partial charge in [-0.25, -0.2) is 4.39 Å². The van der Waals surface area contributed by atoms with E-state index in [0.29, 0.717) is 5.56 Å². The summed E-state index contributed by atoms with van der Waals surface area (Å²) in [4.78, 5) is 0. The molecule has 0 aliphatic rings. The van der Waals surface area contributed by atoms with Crippen molar-refractivity contribution < 1.29 is 17.6 Å². The molecule has 0 N–H and O–H groups in total. The quantitative estimate of drug-likeness (QED) is 0.333. The van der Waals surface area contributed by atoms with Gasteiger partial charge in [-0.3, -0.25) is 0 Å². The van der Waals surface area contributed by atoms with Gasteiger partial charge in [0.2, 0.25) is 0 Å². The van der Waals surface area contributed by atoms with Crippen molar-refractivity contribution in [3.63, 3.8) is 0 Å². The Morgan fingerprint density at radius 2 is 1.58 bits per heavy atom. The van der Waals surface area contributed by atoms with Gasteiger partial charge in [0.15, 0.2) is 0 Å². The maximum Gasteiger partial charge on any atom is 0.419 e. The van der Waals surface area contributed by atoms with Crippen LogP contribution in [0.4, 0.5) is 17.6 Å². The van der Waals surface area contributed by atoms with Gasteiger partial charge < -0.3 is 0 Å². The number of aryl methyl sites for hydroxylation is 1. The van der Waals surface area contributed by atoms with E-state index in [-0.39, 0.29) is 11.1 Å². The molecule has 0 aliphatic carbocycles. The van der Waals surface area contributed by atoms with Gasteiger partial charge in [0.25, 0.3) is 0 Å². The van der Waals surface area contributed by atoms with E-state index in [1.165, 1.54) is 37.8 Å². The van der Waals surface area contributed by atoms with Crippen LogP contribution in [0.25, 0.3) is 17.2 Å². The minimum atomic E-state index is -4.76. The summed E-state index contributed by atoms with van der Waals surface area (Å²) in [5.41, 5.74) is 0.00706. The fraction of sp³-hybridized carbons (Fsp3) is 0.364. The van der Waals surface area contributed by atoms with E-state index >= 15 is 0 Å². The monoisotopic (exact) mass is 364 g/mol. The summed E-state index contributed by atoms with van der Waals surface area (Å²) in [6.45, 7) is 5.51. The molecule has 0 atom stereocenters. The summed E-state index contributed by atoms with van der Waals surface area (Å²) in [7, 11) is 0. The van der Waals surface area contributed by atoms with Crippen molar-refractivity contribution in [3.05, 3.63) is 65.5 Å². The Balaban J connectivity index is 2.20. The van der Waals surface area contributed by atoms with Crippen LogP contribution in [0.3, 0.4) is 0 Å². The predicted molar refractivity (Wildman–Crippen MR) is 99.4 cm³/mol. The Kier molecular flexibility index (Phi) is 7.01. The van der Waals surface area contributed by atoms with Crippen LogP contribution in [0.15, 0.2) is 43.0 Å². The molecule has 2 aromatic rings. The fourth-order valence-electron chi connectivity index (χ4n) is 3.06. The van der Waals surface area contributed by atoms with Crippen LogP contribution in [0.2, 0.25) is 0 Å². The number of benzene rings is 2. The first-order valence-corrected chi connectivity index (χ1v) is 9.00. The predicted octanol–water partition coefficient (Wildman–Crippen LogP) is 7.67. The Hall–Kier alpha value is -2.10. The third-order valence-corrected chi connectivity index (χ3v) is 4.51. The standard InChI is InChI=1S/C22H24F4/c1-3-5-6-7-8-9-16-10-12-18(13-11-16)19-15-14-17(4-2)20(21(19)23)22(24,25)26/h4,10-15H,2-3,5-9H2,1H3. The van der Waals surface area contributed by atoms with Crippen molar-refractivity contribution in [2.45, 2.75) is 51.6 Å². The highest BCUT2D eigenvalue weighted by atomic mass is 19.4. The molecular formula is C22H24F4. The second-order valence-electron chi connectivity index (χ2n) is 6.45. The maximum atomic E-state index is 14.6. The van der Waals surface area contributed by atoms with Gasteiger partial charge in [0.05, 0.1) is 5.56 Å². The average molecular weight is 364 g/mol. The SMILES string of the molecule is C=Cc1ccc(-c2ccc(CCCCCCC)cc2)c(F)c1C(F)(F)F. The van der Waals surface area contributed by atoms with E-state index < -0.39 is 17.6 Å². The van der Waals surface area contributed by atoms with Gasteiger partial charge in [-0.2, -0.15) is 13.2 Å². The minimum Gasteiger partial charge on any atom is -0.206 e. The maximum absolute atomic E-state index is 14.6. The van der Waals surface area contributed by atoms with Gasteiger partial charge in [0.1, 0.15) is 5.82 Å². The van der Waals surface area contributed by atoms with Crippen molar-refractivity contribution >= 4 is 6.08 Å². The van der Waals surface area contributed by atoms with Crippen molar-refractivity contribution in [1.82, 2.24) is 0 Å². The normalized spacial score (nSPS) is 11.6. The Morgan fingerprint density at radius 3 is 2.15 bits per heavy atom. The van der Waals surface area contributed by atoms with Crippen LogP contribution >= 0.6 is 0 Å². The Bertz CT molecular complexity index is 727. The largest absolute Gasteiger partial charge is 0.419 e. The van der Waals surface area contributed by atoms with Crippen LogP contribution < -0.4 is 0 Å². The van der Waals surface area contributed by atoms with Gasteiger partial charge in [-0.15, -0.1) is 0 Å². The van der Waals surface area contributed by atoms with Crippen LogP contribution in [0, 0.1) is 5.82 Å². The lowest BCUT2D eigenvalue weighted by Gasteiger charge is -2.15. The van der Waals surface area contributed by atoms with E-state index in [4.69, 9.17) is 0 Å². The molecule has 0 saturated heterocycles. The highest BCUT2D eigenvalue weighted by Crippen LogP contribution is 2.38. The number of unbranched alkanes of at least 4 members (excludes halogenated alkanes) is 4. The van der Waals surface area contributed by atoms with Crippen molar-refractivity contribution in [1.29, 1.82) is 0 Å². The van der Waals surface area contributed by atoms with E-state index in [2.05, 4.69) is 13.5 Å². The first-order valence-electron chi connectivity index (χ1n) is 9.00. The smallest absolute Gasteiger partial charge is 0.206 e. The highest BCUT2D eigenvalue weighted by Gasteiger charge is 2.37. The van der Waals surface area contributed by atoms with Gasteiger partial charge >= 0.3 is 6.18 Å². The van der Waals surface area contributed by atoms with E-state index in [0.717, 1.165) is 24.5 Å². The van der Waals surface area contributed by atoms with Crippen LogP contribution in [-0.2, 0) is 12.6 Å². The van der Waals surface area contributed by atoms with Crippen LogP contribution in [0.1, 0.15) is 55.7 Å². The van der Waals surface area contributed by atoms with Crippen molar-refractivity contribution in [2.75, 3.05) is 0 Å². The molecule has 0 unspecified atom stereocenters. The summed E-state index contributed by atoms with van der Waals surface area (Å²) in [6, 6.07) is 9.74. The number of hydrogen-bond acceptors (Lipinski definition) is 0. The zero-order valence-corrected chi connectivity index (χ0v) is 15.0. The second-order valence-corrected chi connectivity index (χ2v) is 6.45. The fourth-order valence-corrected chi connectivity index (χ4v) is 3.06. The topological polar surface area (TPSA) is 0 Å². The third-order valence-electron chi connectivity index (χ3n) is 4.51. The van der Waals surface area contributed by atoms with Gasteiger partial charge in [0, 0.05) is 5.56 Å². The summed E-state index contributed by atoms with van der Waals surface area (Å²) < 4.78 is 54.1. The number of alkyl halides is 3. The Morgan fingerprint density at radius 1 is 0.923 bits per heavy atom. The lowest BCUT2D eigenvalue weighted by atomic mass is 9.96.